The first kappa shape index (κ1) is 18.4. The fourth-order valence-electron chi connectivity index (χ4n) is 2.03. The third-order valence-corrected chi connectivity index (χ3v) is 13.0. The predicted molar refractivity (Wildman–Crippen MR) is 86.0 cm³/mol. The van der Waals surface area contributed by atoms with Gasteiger partial charge in [-0.05, 0) is 37.0 Å². The fourth-order valence-corrected chi connectivity index (χ4v) is 9.09. The maximum atomic E-state index is 6.60. The number of rotatable bonds is 10. The molecule has 0 saturated heterocycles. The molecule has 0 aliphatic rings. The molecule has 0 spiro atoms. The smallest absolute Gasteiger partial charge is 0.314 e. The lowest BCUT2D eigenvalue weighted by molar-refractivity contribution is 0.264. The van der Waals surface area contributed by atoms with Crippen molar-refractivity contribution in [2.75, 3.05) is 6.61 Å². The molecule has 0 aliphatic heterocycles. The van der Waals surface area contributed by atoms with E-state index in [4.69, 9.17) is 8.54 Å². The van der Waals surface area contributed by atoms with Crippen LogP contribution in [0, 0.1) is 0 Å². The first-order valence-electron chi connectivity index (χ1n) is 7.70. The number of hydrogen-bond donors (Lipinski definition) is 0. The minimum Gasteiger partial charge on any atom is -0.437 e. The Morgan fingerprint density at radius 3 is 2.11 bits per heavy atom. The second-order valence-corrected chi connectivity index (χ2v) is 13.5. The van der Waals surface area contributed by atoms with E-state index in [1.807, 2.05) is 0 Å². The molecule has 0 aromatic heterocycles. The maximum absolute atomic E-state index is 6.60. The summed E-state index contributed by atoms with van der Waals surface area (Å²) in [6, 6.07) is 1.20. The van der Waals surface area contributed by atoms with Gasteiger partial charge in [-0.1, -0.05) is 47.5 Å². The van der Waals surface area contributed by atoms with Crippen molar-refractivity contribution in [3.63, 3.8) is 0 Å². The first-order valence-corrected chi connectivity index (χ1v) is 12.0. The zero-order chi connectivity index (χ0) is 14.2. The number of unbranched alkanes of at least 4 members (excludes halogenated alkanes) is 1. The molecule has 0 bridgehead atoms. The summed E-state index contributed by atoms with van der Waals surface area (Å²) in [6.07, 6.45) is 3.83. The topological polar surface area (TPSA) is 18.5 Å². The average Bonchev–Trinajstić information content (AvgIpc) is 2.34. The van der Waals surface area contributed by atoms with Gasteiger partial charge in [-0.2, -0.15) is 0 Å². The quantitative estimate of drug-likeness (QED) is 0.536. The van der Waals surface area contributed by atoms with E-state index in [2.05, 4.69) is 48.1 Å². The average molecular weight is 291 g/mol. The van der Waals surface area contributed by atoms with Crippen LogP contribution < -0.4 is 0 Å². The van der Waals surface area contributed by atoms with Crippen molar-refractivity contribution in [2.24, 2.45) is 0 Å². The Labute approximate surface area is 117 Å². The molecule has 0 saturated carbocycles. The van der Waals surface area contributed by atoms with Crippen molar-refractivity contribution in [1.29, 1.82) is 0 Å². The van der Waals surface area contributed by atoms with Crippen molar-refractivity contribution in [3.8, 4) is 0 Å². The molecule has 0 aliphatic carbocycles. The van der Waals surface area contributed by atoms with Gasteiger partial charge in [0.15, 0.2) is 8.32 Å². The summed E-state index contributed by atoms with van der Waals surface area (Å²) >= 11 is 0. The molecular formula is C14H34O2Si2. The lowest BCUT2D eigenvalue weighted by Gasteiger charge is -2.36. The molecule has 0 aromatic rings. The van der Waals surface area contributed by atoms with Crippen molar-refractivity contribution >= 4 is 17.6 Å². The van der Waals surface area contributed by atoms with E-state index in [0.717, 1.165) is 6.61 Å². The van der Waals surface area contributed by atoms with Crippen LogP contribution in [0.5, 0.6) is 0 Å². The number of hydrogen-bond acceptors (Lipinski definition) is 2. The summed E-state index contributed by atoms with van der Waals surface area (Å²) in [4.78, 5) is 0. The van der Waals surface area contributed by atoms with Crippen LogP contribution in [-0.2, 0) is 8.54 Å². The molecule has 0 radical (unpaired) electrons. The van der Waals surface area contributed by atoms with Crippen molar-refractivity contribution < 1.29 is 8.54 Å². The summed E-state index contributed by atoms with van der Waals surface area (Å²) in [6.45, 7) is 16.8. The minimum atomic E-state index is -1.57. The molecule has 0 heterocycles. The summed E-state index contributed by atoms with van der Waals surface area (Å²) in [5.41, 5.74) is 1.32. The van der Waals surface area contributed by atoms with Crippen molar-refractivity contribution in [2.45, 2.75) is 84.5 Å². The highest BCUT2D eigenvalue weighted by molar-refractivity contribution is 6.79. The summed E-state index contributed by atoms with van der Waals surface area (Å²) in [5.74, 6) is 0. The van der Waals surface area contributed by atoms with E-state index >= 15 is 0 Å². The fraction of sp³-hybridized carbons (Fsp3) is 1.00. The lowest BCUT2D eigenvalue weighted by atomic mass is 10.2. The van der Waals surface area contributed by atoms with Crippen LogP contribution in [-0.4, -0.2) is 24.2 Å². The molecule has 0 N–H and O–H groups in total. The Kier molecular flexibility index (Phi) is 9.47. The van der Waals surface area contributed by atoms with Crippen LogP contribution >= 0.6 is 0 Å². The van der Waals surface area contributed by atoms with Gasteiger partial charge in [-0.25, -0.2) is 0 Å². The third kappa shape index (κ3) is 6.00. The zero-order valence-electron chi connectivity index (χ0n) is 13.6. The van der Waals surface area contributed by atoms with Crippen LogP contribution in [0.2, 0.25) is 23.7 Å². The normalized spacial score (nSPS) is 18.7. The van der Waals surface area contributed by atoms with Gasteiger partial charge in [-0.15, -0.1) is 0 Å². The lowest BCUT2D eigenvalue weighted by Crippen LogP contribution is -2.45. The summed E-state index contributed by atoms with van der Waals surface area (Å²) in [7, 11) is -3.06. The van der Waals surface area contributed by atoms with E-state index in [1.165, 1.54) is 25.3 Å². The molecule has 0 amide bonds. The maximum Gasteiger partial charge on any atom is 0.314 e. The van der Waals surface area contributed by atoms with Crippen molar-refractivity contribution in [3.05, 3.63) is 0 Å². The molecule has 18 heavy (non-hydrogen) atoms. The molecule has 0 rings (SSSR count). The largest absolute Gasteiger partial charge is 0.437 e. The summed E-state index contributed by atoms with van der Waals surface area (Å²) < 4.78 is 12.6. The van der Waals surface area contributed by atoms with E-state index in [0.29, 0.717) is 11.1 Å². The van der Waals surface area contributed by atoms with Gasteiger partial charge < -0.3 is 8.54 Å². The molecule has 4 heteroatoms. The predicted octanol–water partition coefficient (Wildman–Crippen LogP) is 4.85. The van der Waals surface area contributed by atoms with Crippen LogP contribution in [0.4, 0.5) is 0 Å². The highest BCUT2D eigenvalue weighted by Crippen LogP contribution is 2.30. The van der Waals surface area contributed by atoms with Gasteiger partial charge in [0.1, 0.15) is 0 Å². The Morgan fingerprint density at radius 1 is 1.11 bits per heavy atom. The van der Waals surface area contributed by atoms with E-state index < -0.39 is 17.6 Å². The molecule has 0 fully saturated rings. The van der Waals surface area contributed by atoms with Crippen LogP contribution in [0.1, 0.15) is 60.8 Å². The Morgan fingerprint density at radius 2 is 1.72 bits per heavy atom. The third-order valence-electron chi connectivity index (χ3n) is 4.12. The second-order valence-electron chi connectivity index (χ2n) is 5.88. The standard InChI is InChI=1S/C14H34O2Si2/c1-8-11-12-14(6)17(15-9-2)16-18(7,10-3)13(4)5/h13-14,17H,8-12H2,1-7H3. The second kappa shape index (κ2) is 9.29. The Bertz CT molecular complexity index is 212. The Hall–Kier alpha value is 0.354. The van der Waals surface area contributed by atoms with E-state index in [-0.39, 0.29) is 0 Å². The highest BCUT2D eigenvalue weighted by atomic mass is 28.4. The Balaban J connectivity index is 4.58. The molecule has 110 valence electrons. The van der Waals surface area contributed by atoms with E-state index in [9.17, 15) is 0 Å². The highest BCUT2D eigenvalue weighted by Gasteiger charge is 2.36. The van der Waals surface area contributed by atoms with Gasteiger partial charge in [0.25, 0.3) is 0 Å². The first-order chi connectivity index (χ1) is 8.41. The molecule has 3 unspecified atom stereocenters. The SMILES string of the molecule is CCCCC(C)[SiH](OCC)O[Si](C)(CC)C(C)C. The van der Waals surface area contributed by atoms with Gasteiger partial charge in [0.05, 0.1) is 0 Å². The van der Waals surface area contributed by atoms with E-state index in [1.54, 1.807) is 0 Å². The molecule has 3 atom stereocenters. The molecule has 2 nitrogen and oxygen atoms in total. The molecule has 0 aromatic carbocycles. The summed E-state index contributed by atoms with van der Waals surface area (Å²) in [5, 5.41) is 0. The van der Waals surface area contributed by atoms with Gasteiger partial charge in [-0.3, -0.25) is 0 Å². The van der Waals surface area contributed by atoms with Gasteiger partial charge >= 0.3 is 9.28 Å². The molecular weight excluding hydrogens is 256 g/mol. The van der Waals surface area contributed by atoms with Gasteiger partial charge in [0.2, 0.25) is 0 Å². The van der Waals surface area contributed by atoms with Crippen molar-refractivity contribution in [1.82, 2.24) is 0 Å². The monoisotopic (exact) mass is 290 g/mol. The van der Waals surface area contributed by atoms with Crippen LogP contribution in [0.3, 0.4) is 0 Å². The van der Waals surface area contributed by atoms with Crippen LogP contribution in [0.25, 0.3) is 0 Å². The minimum absolute atomic E-state index is 0.641. The zero-order valence-corrected chi connectivity index (χ0v) is 15.7. The van der Waals surface area contributed by atoms with Gasteiger partial charge in [0, 0.05) is 6.61 Å². The van der Waals surface area contributed by atoms with Crippen LogP contribution in [0.15, 0.2) is 0 Å².